The van der Waals surface area contributed by atoms with Gasteiger partial charge in [0.15, 0.2) is 0 Å². The topological polar surface area (TPSA) is 159 Å². The molecular formula is C10H15N3O7. The van der Waals surface area contributed by atoms with Crippen molar-refractivity contribution in [2.24, 2.45) is 5.73 Å². The van der Waals surface area contributed by atoms with Crippen LogP contribution in [0, 0.1) is 0 Å². The lowest BCUT2D eigenvalue weighted by molar-refractivity contribution is -0.145. The number of carbonyl (C=O) groups is 4. The lowest BCUT2D eigenvalue weighted by Crippen LogP contribution is -2.59. The fourth-order valence-electron chi connectivity index (χ4n) is 1.69. The number of urea groups is 1. The Hall–Kier alpha value is -2.36. The molecule has 10 nitrogen and oxygen atoms in total. The number of nitrogens with two attached hydrogens (primary N) is 1. The van der Waals surface area contributed by atoms with Crippen molar-refractivity contribution in [1.29, 1.82) is 0 Å². The van der Waals surface area contributed by atoms with Crippen molar-refractivity contribution >= 4 is 23.9 Å². The maximum atomic E-state index is 11.9. The molecule has 0 aromatic heterocycles. The number of rotatable bonds is 5. The van der Waals surface area contributed by atoms with E-state index < -0.39 is 42.4 Å². The summed E-state index contributed by atoms with van der Waals surface area (Å²) in [6.07, 6.45) is -0.771. The van der Waals surface area contributed by atoms with E-state index in [0.29, 0.717) is 0 Å². The number of hydrogen-bond acceptors (Lipinski definition) is 5. The van der Waals surface area contributed by atoms with Gasteiger partial charge in [-0.2, -0.15) is 0 Å². The Bertz CT molecular complexity index is 425. The summed E-state index contributed by atoms with van der Waals surface area (Å²) in [6.45, 7) is 0.145. The molecule has 2 atom stereocenters. The van der Waals surface area contributed by atoms with Gasteiger partial charge < -0.3 is 30.9 Å². The molecule has 112 valence electrons. The van der Waals surface area contributed by atoms with Crippen LogP contribution in [-0.4, -0.2) is 70.8 Å². The number of amides is 3. The standard InChI is InChI=1S/C10H15N3O7/c11-8(16)6-4-20-2-1-13(6)10(19)12-5(9(17)18)3-7(14)15/h5-6H,1-4H2,(H2,11,16)(H,12,19)(H,14,15)(H,17,18)/t5-,6?/m0/s1. The third-order valence-corrected chi connectivity index (χ3v) is 2.69. The van der Waals surface area contributed by atoms with Crippen LogP contribution in [0.2, 0.25) is 0 Å². The average molecular weight is 289 g/mol. The van der Waals surface area contributed by atoms with Crippen LogP contribution in [0.15, 0.2) is 0 Å². The van der Waals surface area contributed by atoms with Gasteiger partial charge in [-0.25, -0.2) is 9.59 Å². The second kappa shape index (κ2) is 6.70. The van der Waals surface area contributed by atoms with Gasteiger partial charge in [0.1, 0.15) is 12.1 Å². The zero-order valence-corrected chi connectivity index (χ0v) is 10.4. The molecule has 0 radical (unpaired) electrons. The number of morpholine rings is 1. The number of carboxylic acid groups (broad SMARTS) is 2. The lowest BCUT2D eigenvalue weighted by Gasteiger charge is -2.34. The van der Waals surface area contributed by atoms with Crippen molar-refractivity contribution in [2.45, 2.75) is 18.5 Å². The minimum atomic E-state index is -1.59. The fraction of sp³-hybridized carbons (Fsp3) is 0.600. The Morgan fingerprint density at radius 2 is 2.00 bits per heavy atom. The first-order valence-corrected chi connectivity index (χ1v) is 5.71. The number of nitrogens with one attached hydrogen (secondary N) is 1. The first kappa shape index (κ1) is 15.7. The van der Waals surface area contributed by atoms with Crippen LogP contribution in [-0.2, 0) is 19.1 Å². The molecule has 0 aromatic rings. The smallest absolute Gasteiger partial charge is 0.326 e. The summed E-state index contributed by atoms with van der Waals surface area (Å²) in [7, 11) is 0. The molecule has 20 heavy (non-hydrogen) atoms. The van der Waals surface area contributed by atoms with E-state index in [1.165, 1.54) is 0 Å². The summed E-state index contributed by atoms with van der Waals surface area (Å²) in [5.41, 5.74) is 5.12. The summed E-state index contributed by atoms with van der Waals surface area (Å²) < 4.78 is 5.01. The largest absolute Gasteiger partial charge is 0.481 e. The van der Waals surface area contributed by atoms with E-state index in [0.717, 1.165) is 4.90 Å². The zero-order valence-electron chi connectivity index (χ0n) is 10.4. The number of aliphatic carboxylic acids is 2. The molecule has 1 heterocycles. The molecule has 3 amide bonds. The predicted molar refractivity (Wildman–Crippen MR) is 62.7 cm³/mol. The van der Waals surface area contributed by atoms with Crippen LogP contribution in [0.3, 0.4) is 0 Å². The SMILES string of the molecule is NC(=O)C1COCCN1C(=O)N[C@@H](CC(=O)O)C(=O)O. The number of carboxylic acids is 2. The molecule has 10 heteroatoms. The lowest BCUT2D eigenvalue weighted by atomic mass is 10.2. The third kappa shape index (κ3) is 4.09. The molecule has 5 N–H and O–H groups in total. The molecule has 1 rings (SSSR count). The van der Waals surface area contributed by atoms with E-state index in [1.54, 1.807) is 0 Å². The Balaban J connectivity index is 2.73. The summed E-state index contributed by atoms with van der Waals surface area (Å²) in [6, 6.07) is -3.47. The van der Waals surface area contributed by atoms with Gasteiger partial charge in [0.25, 0.3) is 0 Å². The Morgan fingerprint density at radius 3 is 2.50 bits per heavy atom. The Morgan fingerprint density at radius 1 is 1.35 bits per heavy atom. The van der Waals surface area contributed by atoms with E-state index >= 15 is 0 Å². The summed E-state index contributed by atoms with van der Waals surface area (Å²) in [5, 5.41) is 19.5. The van der Waals surface area contributed by atoms with E-state index in [2.05, 4.69) is 0 Å². The molecule has 0 aromatic carbocycles. The minimum absolute atomic E-state index is 0.0544. The highest BCUT2D eigenvalue weighted by Crippen LogP contribution is 2.07. The van der Waals surface area contributed by atoms with Gasteiger partial charge in [-0.1, -0.05) is 0 Å². The first-order chi connectivity index (χ1) is 9.32. The van der Waals surface area contributed by atoms with Gasteiger partial charge in [0.05, 0.1) is 19.6 Å². The molecule has 1 aliphatic heterocycles. The third-order valence-electron chi connectivity index (χ3n) is 2.69. The van der Waals surface area contributed by atoms with Crippen molar-refractivity contribution in [1.82, 2.24) is 10.2 Å². The van der Waals surface area contributed by atoms with Crippen LogP contribution in [0.4, 0.5) is 4.79 Å². The monoisotopic (exact) mass is 289 g/mol. The van der Waals surface area contributed by atoms with Crippen molar-refractivity contribution < 1.29 is 34.1 Å². The quantitative estimate of drug-likeness (QED) is 0.447. The molecule has 0 aliphatic carbocycles. The van der Waals surface area contributed by atoms with E-state index in [4.69, 9.17) is 20.7 Å². The molecule has 0 spiro atoms. The van der Waals surface area contributed by atoms with Crippen molar-refractivity contribution in [2.75, 3.05) is 19.8 Å². The average Bonchev–Trinajstić information content (AvgIpc) is 2.37. The van der Waals surface area contributed by atoms with E-state index in [-0.39, 0.29) is 19.8 Å². The summed E-state index contributed by atoms with van der Waals surface area (Å²) in [5.74, 6) is -3.64. The number of carbonyl (C=O) groups excluding carboxylic acids is 2. The molecule has 1 aliphatic rings. The second-order valence-electron chi connectivity index (χ2n) is 4.12. The zero-order chi connectivity index (χ0) is 15.3. The van der Waals surface area contributed by atoms with E-state index in [1.807, 2.05) is 5.32 Å². The highest BCUT2D eigenvalue weighted by atomic mass is 16.5. The van der Waals surface area contributed by atoms with Crippen molar-refractivity contribution in [3.8, 4) is 0 Å². The molecule has 1 saturated heterocycles. The second-order valence-corrected chi connectivity index (χ2v) is 4.12. The van der Waals surface area contributed by atoms with Crippen LogP contribution >= 0.6 is 0 Å². The van der Waals surface area contributed by atoms with Crippen LogP contribution in [0.1, 0.15) is 6.42 Å². The van der Waals surface area contributed by atoms with Gasteiger partial charge in [-0.3, -0.25) is 9.59 Å². The Labute approximate surface area is 113 Å². The highest BCUT2D eigenvalue weighted by Gasteiger charge is 2.33. The van der Waals surface area contributed by atoms with Crippen LogP contribution in [0.25, 0.3) is 0 Å². The minimum Gasteiger partial charge on any atom is -0.481 e. The Kier molecular flexibility index (Phi) is 5.26. The number of nitrogens with zero attached hydrogens (tertiary/aromatic N) is 1. The van der Waals surface area contributed by atoms with Gasteiger partial charge in [-0.15, -0.1) is 0 Å². The number of hydrogen-bond donors (Lipinski definition) is 4. The predicted octanol–water partition coefficient (Wildman–Crippen LogP) is -2.19. The van der Waals surface area contributed by atoms with Crippen molar-refractivity contribution in [3.05, 3.63) is 0 Å². The molecule has 0 saturated carbocycles. The summed E-state index contributed by atoms with van der Waals surface area (Å²) >= 11 is 0. The highest BCUT2D eigenvalue weighted by molar-refractivity contribution is 5.89. The fourth-order valence-corrected chi connectivity index (χ4v) is 1.69. The van der Waals surface area contributed by atoms with Gasteiger partial charge in [0.2, 0.25) is 5.91 Å². The molecular weight excluding hydrogens is 274 g/mol. The van der Waals surface area contributed by atoms with Crippen LogP contribution < -0.4 is 11.1 Å². The molecule has 0 bridgehead atoms. The van der Waals surface area contributed by atoms with Gasteiger partial charge in [-0.05, 0) is 0 Å². The van der Waals surface area contributed by atoms with Gasteiger partial charge in [0, 0.05) is 6.54 Å². The van der Waals surface area contributed by atoms with Crippen LogP contribution in [0.5, 0.6) is 0 Å². The first-order valence-electron chi connectivity index (χ1n) is 5.71. The maximum absolute atomic E-state index is 11.9. The number of primary amides is 1. The molecule has 1 unspecified atom stereocenters. The normalized spacial score (nSPS) is 20.0. The van der Waals surface area contributed by atoms with Gasteiger partial charge >= 0.3 is 18.0 Å². The summed E-state index contributed by atoms with van der Waals surface area (Å²) in [4.78, 5) is 45.5. The maximum Gasteiger partial charge on any atom is 0.326 e. The molecule has 1 fully saturated rings. The van der Waals surface area contributed by atoms with Crippen molar-refractivity contribution in [3.63, 3.8) is 0 Å². The van der Waals surface area contributed by atoms with E-state index in [9.17, 15) is 19.2 Å². The number of ether oxygens (including phenoxy) is 1.